The van der Waals surface area contributed by atoms with E-state index in [1.165, 1.54) is 30.6 Å². The SMILES string of the molecule is CCC(=C(c1cc[c]([Na])cc1)c1ccc(OCCN(C)C)cc1)c1ccccc1.O=P(O)(O)O. The van der Waals surface area contributed by atoms with Crippen LogP contribution in [0.2, 0.25) is 0 Å². The van der Waals surface area contributed by atoms with E-state index < -0.39 is 7.82 Å². The summed E-state index contributed by atoms with van der Waals surface area (Å²) in [4.78, 5) is 23.7. The number of rotatable bonds is 8. The zero-order valence-electron chi connectivity index (χ0n) is 20.2. The van der Waals surface area contributed by atoms with Gasteiger partial charge in [0.05, 0.1) is 0 Å². The van der Waals surface area contributed by atoms with Crippen molar-refractivity contribution in [1.29, 1.82) is 0 Å². The molecule has 0 unspecified atom stereocenters. The molecule has 0 saturated carbocycles. The van der Waals surface area contributed by atoms with Crippen LogP contribution in [0.25, 0.3) is 11.1 Å². The number of nitrogens with zero attached hydrogens (tertiary/aromatic N) is 1. The zero-order valence-corrected chi connectivity index (χ0v) is 23.1. The van der Waals surface area contributed by atoms with Crippen molar-refractivity contribution < 1.29 is 24.0 Å². The molecule has 0 fully saturated rings. The second-order valence-corrected chi connectivity index (χ2v) is 10.3. The minimum absolute atomic E-state index is 0.696. The van der Waals surface area contributed by atoms with Gasteiger partial charge in [-0.25, -0.2) is 4.57 Å². The van der Waals surface area contributed by atoms with E-state index in [0.717, 1.165) is 46.6 Å². The molecular formula is C26H31NNaO5P. The fourth-order valence-corrected chi connectivity index (χ4v) is 3.80. The Morgan fingerprint density at radius 3 is 1.82 bits per heavy atom. The van der Waals surface area contributed by atoms with Gasteiger partial charge in [0.1, 0.15) is 0 Å². The molecule has 0 atom stereocenters. The minimum atomic E-state index is -4.64. The van der Waals surface area contributed by atoms with Crippen LogP contribution >= 0.6 is 7.82 Å². The largest absolute Gasteiger partial charge is 0.466 e. The Balaban J connectivity index is 0.000000739. The van der Waals surface area contributed by atoms with Gasteiger partial charge in [-0.1, -0.05) is 0 Å². The summed E-state index contributed by atoms with van der Waals surface area (Å²) >= 11 is 1.07. The monoisotopic (exact) mass is 491 g/mol. The Morgan fingerprint density at radius 2 is 1.35 bits per heavy atom. The number of likely N-dealkylation sites (N-methyl/N-ethyl adjacent to an activating group) is 1. The normalized spacial score (nSPS) is 12.0. The van der Waals surface area contributed by atoms with Crippen LogP contribution in [0.1, 0.15) is 30.0 Å². The van der Waals surface area contributed by atoms with Crippen molar-refractivity contribution in [3.63, 3.8) is 0 Å². The molecule has 0 aliphatic carbocycles. The fourth-order valence-electron chi connectivity index (χ4n) is 3.46. The first kappa shape index (κ1) is 28.5. The van der Waals surface area contributed by atoms with Crippen molar-refractivity contribution in [1.82, 2.24) is 4.90 Å². The molecule has 0 bridgehead atoms. The topological polar surface area (TPSA) is 90.2 Å². The van der Waals surface area contributed by atoms with Crippen molar-refractivity contribution in [2.24, 2.45) is 0 Å². The number of hydrogen-bond donors (Lipinski definition) is 3. The smallest absolute Gasteiger partial charge is 0.303 e. The Labute approximate surface area is 219 Å². The molecule has 176 valence electrons. The molecule has 6 nitrogen and oxygen atoms in total. The molecule has 0 heterocycles. The Kier molecular flexibility index (Phi) is 11.7. The first-order valence-electron chi connectivity index (χ1n) is 11.1. The fraction of sp³-hybridized carbons (Fsp3) is 0.231. The molecule has 8 heteroatoms. The molecule has 0 radical (unpaired) electrons. The number of allylic oxidation sites excluding steroid dienone is 1. The van der Waals surface area contributed by atoms with Gasteiger partial charge in [-0.3, -0.25) is 0 Å². The van der Waals surface area contributed by atoms with E-state index >= 15 is 0 Å². The maximum absolute atomic E-state index is 8.88. The third kappa shape index (κ3) is 10.3. The average molecular weight is 492 g/mol. The van der Waals surface area contributed by atoms with Crippen LogP contribution < -0.4 is 7.55 Å². The van der Waals surface area contributed by atoms with Gasteiger partial charge in [0.15, 0.2) is 0 Å². The standard InChI is InChI=1S/C26H28NO.Na.H3O4P/c1-4-25(21-11-7-5-8-12-21)26(22-13-9-6-10-14-22)23-15-17-24(18-16-23)28-20-19-27(2)3;;1-5(2,3)4/h5,7-18H,4,19-20H2,1-3H3;;(H3,1,2,3,4). The van der Waals surface area contributed by atoms with Crippen LogP contribution in [0.3, 0.4) is 0 Å². The van der Waals surface area contributed by atoms with E-state index in [1.54, 1.807) is 0 Å². The van der Waals surface area contributed by atoms with Crippen molar-refractivity contribution in [2.75, 3.05) is 27.2 Å². The molecule has 0 aromatic heterocycles. The van der Waals surface area contributed by atoms with Gasteiger partial charge in [0.25, 0.3) is 0 Å². The van der Waals surface area contributed by atoms with E-state index in [9.17, 15) is 0 Å². The Bertz CT molecular complexity index is 1090. The number of benzene rings is 3. The van der Waals surface area contributed by atoms with Gasteiger partial charge < -0.3 is 19.6 Å². The second-order valence-electron chi connectivity index (χ2n) is 8.13. The van der Waals surface area contributed by atoms with E-state index in [2.05, 4.69) is 105 Å². The van der Waals surface area contributed by atoms with Gasteiger partial charge in [0, 0.05) is 0 Å². The van der Waals surface area contributed by atoms with Gasteiger partial charge in [-0.15, -0.1) is 0 Å². The number of hydrogen-bond acceptors (Lipinski definition) is 3. The first-order chi connectivity index (χ1) is 16.1. The molecule has 0 aliphatic heterocycles. The van der Waals surface area contributed by atoms with E-state index in [-0.39, 0.29) is 0 Å². The van der Waals surface area contributed by atoms with E-state index in [4.69, 9.17) is 24.0 Å². The maximum atomic E-state index is 8.88. The Hall–Kier alpha value is -1.73. The van der Waals surface area contributed by atoms with Crippen LogP contribution in [-0.4, -0.2) is 74.8 Å². The van der Waals surface area contributed by atoms with Crippen molar-refractivity contribution in [3.05, 3.63) is 95.6 Å². The van der Waals surface area contributed by atoms with Gasteiger partial charge >= 0.3 is 182 Å². The summed E-state index contributed by atoms with van der Waals surface area (Å²) < 4.78 is 16.2. The Morgan fingerprint density at radius 1 is 0.853 bits per heavy atom. The third-order valence-corrected chi connectivity index (χ3v) is 5.73. The van der Waals surface area contributed by atoms with Gasteiger partial charge in [-0.2, -0.15) is 0 Å². The second kappa shape index (κ2) is 14.0. The van der Waals surface area contributed by atoms with E-state index in [0.29, 0.717) is 6.61 Å². The quantitative estimate of drug-likeness (QED) is 0.252. The molecule has 3 rings (SSSR count). The van der Waals surface area contributed by atoms with Crippen LogP contribution in [0, 0.1) is 0 Å². The number of ether oxygens (including phenoxy) is 1. The predicted octanol–water partition coefficient (Wildman–Crippen LogP) is 3.86. The van der Waals surface area contributed by atoms with Crippen LogP contribution in [-0.2, 0) is 4.57 Å². The maximum Gasteiger partial charge on any atom is 0.466 e. The van der Waals surface area contributed by atoms with Gasteiger partial charge in [0.2, 0.25) is 0 Å². The molecule has 3 aromatic carbocycles. The molecular weight excluding hydrogens is 460 g/mol. The molecule has 0 aliphatic rings. The molecule has 0 amide bonds. The summed E-state index contributed by atoms with van der Waals surface area (Å²) in [6.45, 7) is 3.84. The zero-order chi connectivity index (χ0) is 25.1. The average Bonchev–Trinajstić information content (AvgIpc) is 2.78. The van der Waals surface area contributed by atoms with Gasteiger partial charge in [-0.05, 0) is 14.1 Å². The summed E-state index contributed by atoms with van der Waals surface area (Å²) in [5.74, 6) is 0.919. The molecule has 34 heavy (non-hydrogen) atoms. The number of phosphoric acid groups is 1. The summed E-state index contributed by atoms with van der Waals surface area (Å²) in [5, 5.41) is 0. The minimum Gasteiger partial charge on any atom is -0.303 e. The van der Waals surface area contributed by atoms with Crippen molar-refractivity contribution in [2.45, 2.75) is 13.3 Å². The summed E-state index contributed by atoms with van der Waals surface area (Å²) in [6, 6.07) is 28.3. The first-order valence-corrected chi connectivity index (χ1v) is 13.7. The van der Waals surface area contributed by atoms with Crippen molar-refractivity contribution in [3.8, 4) is 5.75 Å². The van der Waals surface area contributed by atoms with Crippen molar-refractivity contribution >= 4 is 49.7 Å². The van der Waals surface area contributed by atoms with Crippen LogP contribution in [0.4, 0.5) is 0 Å². The summed E-state index contributed by atoms with van der Waals surface area (Å²) in [6.07, 6.45) is 0.975. The third-order valence-electron chi connectivity index (χ3n) is 5.07. The summed E-state index contributed by atoms with van der Waals surface area (Å²) in [5.41, 5.74) is 6.46. The van der Waals surface area contributed by atoms with Crippen LogP contribution in [0.5, 0.6) is 5.75 Å². The van der Waals surface area contributed by atoms with Crippen LogP contribution in [0.15, 0.2) is 78.9 Å². The summed E-state index contributed by atoms with van der Waals surface area (Å²) in [7, 11) is -0.521. The predicted molar refractivity (Wildman–Crippen MR) is 139 cm³/mol. The van der Waals surface area contributed by atoms with E-state index in [1.807, 2.05) is 0 Å². The molecule has 0 spiro atoms. The molecule has 0 saturated heterocycles. The molecule has 3 N–H and O–H groups in total. The molecule has 3 aromatic rings.